The number of carbonyl (C=O) groups is 4. The molecule has 168 valence electrons. The number of amides is 1. The van der Waals surface area contributed by atoms with Gasteiger partial charge in [-0.05, 0) is 39.8 Å². The van der Waals surface area contributed by atoms with Gasteiger partial charge in [0.05, 0.1) is 31.5 Å². The zero-order chi connectivity index (χ0) is 22.9. The molecule has 1 aromatic rings. The highest BCUT2D eigenvalue weighted by atomic mass is 16.6. The summed E-state index contributed by atoms with van der Waals surface area (Å²) in [7, 11) is 0. The number of aromatic nitrogens is 1. The van der Waals surface area contributed by atoms with Crippen LogP contribution in [0.3, 0.4) is 0 Å². The molecule has 0 fully saturated rings. The highest BCUT2D eigenvalue weighted by Crippen LogP contribution is 2.29. The van der Waals surface area contributed by atoms with Crippen LogP contribution in [0, 0.1) is 0 Å². The second-order valence-electron chi connectivity index (χ2n) is 6.39. The van der Waals surface area contributed by atoms with Gasteiger partial charge in [0.2, 0.25) is 11.4 Å². The quantitative estimate of drug-likeness (QED) is 0.310. The lowest BCUT2D eigenvalue weighted by molar-refractivity contribution is -0.168. The Balaban J connectivity index is 3.64. The van der Waals surface area contributed by atoms with Gasteiger partial charge in [-0.15, -0.1) is 0 Å². The normalized spacial score (nSPS) is 11.0. The minimum absolute atomic E-state index is 0.0444. The van der Waals surface area contributed by atoms with Crippen molar-refractivity contribution in [3.05, 3.63) is 11.3 Å². The molecule has 0 saturated carbocycles. The summed E-state index contributed by atoms with van der Waals surface area (Å²) in [5.41, 5.74) is -2.34. The number of carbonyl (C=O) groups excluding carboxylic acids is 4. The van der Waals surface area contributed by atoms with Gasteiger partial charge in [0, 0.05) is 13.3 Å². The van der Waals surface area contributed by atoms with E-state index in [9.17, 15) is 19.2 Å². The van der Waals surface area contributed by atoms with E-state index < -0.39 is 35.8 Å². The van der Waals surface area contributed by atoms with E-state index in [0.717, 1.165) is 6.92 Å². The molecule has 0 aliphatic carbocycles. The van der Waals surface area contributed by atoms with Gasteiger partial charge in [-0.25, -0.2) is 14.4 Å². The average molecular weight is 428 g/mol. The molecule has 1 amide bonds. The van der Waals surface area contributed by atoms with Gasteiger partial charge in [-0.3, -0.25) is 4.79 Å². The number of ether oxygens (including phenoxy) is 4. The highest BCUT2D eigenvalue weighted by Gasteiger charge is 2.52. The van der Waals surface area contributed by atoms with Crippen LogP contribution in [0.5, 0.6) is 5.88 Å². The summed E-state index contributed by atoms with van der Waals surface area (Å²) >= 11 is 0. The lowest BCUT2D eigenvalue weighted by atomic mass is 9.90. The molecule has 0 spiro atoms. The van der Waals surface area contributed by atoms with Crippen molar-refractivity contribution >= 4 is 23.8 Å². The molecule has 11 heteroatoms. The van der Waals surface area contributed by atoms with E-state index in [-0.39, 0.29) is 43.1 Å². The molecular weight excluding hydrogens is 400 g/mol. The number of nitrogens with zero attached hydrogens (tertiary/aromatic N) is 1. The minimum atomic E-state index is -2.29. The summed E-state index contributed by atoms with van der Waals surface area (Å²) in [5.74, 6) is -4.19. The van der Waals surface area contributed by atoms with E-state index in [1.165, 1.54) is 0 Å². The summed E-state index contributed by atoms with van der Waals surface area (Å²) in [4.78, 5) is 49.9. The SMILES string of the molecule is CCOC(=O)c1onc(OC(C)C)c1CC(NC(C)=O)(C(=O)OCC)C(=O)OCC. The van der Waals surface area contributed by atoms with Gasteiger partial charge in [-0.1, -0.05) is 0 Å². The summed E-state index contributed by atoms with van der Waals surface area (Å²) in [6.45, 7) is 9.13. The molecule has 30 heavy (non-hydrogen) atoms. The molecule has 0 aromatic carbocycles. The van der Waals surface area contributed by atoms with Gasteiger partial charge in [0.25, 0.3) is 11.6 Å². The standard InChI is InChI=1S/C19H28N2O9/c1-7-26-16(23)14-13(15(21-30-14)29-11(4)5)10-19(20-12(6)22,17(24)27-8-2)18(25)28-9-3/h11H,7-10H2,1-6H3,(H,20,22). The zero-order valence-corrected chi connectivity index (χ0v) is 18.0. The van der Waals surface area contributed by atoms with E-state index >= 15 is 0 Å². The fourth-order valence-corrected chi connectivity index (χ4v) is 2.57. The number of hydrogen-bond donors (Lipinski definition) is 1. The van der Waals surface area contributed by atoms with Crippen LogP contribution in [0.15, 0.2) is 4.52 Å². The molecule has 1 heterocycles. The van der Waals surface area contributed by atoms with Gasteiger partial charge in [0.1, 0.15) is 0 Å². The summed E-state index contributed by atoms with van der Waals surface area (Å²) in [6, 6.07) is 0. The smallest absolute Gasteiger partial charge is 0.377 e. The second kappa shape index (κ2) is 11.2. The molecule has 0 atom stereocenters. The fourth-order valence-electron chi connectivity index (χ4n) is 2.57. The van der Waals surface area contributed by atoms with E-state index in [2.05, 4.69) is 10.5 Å². The molecule has 1 rings (SSSR count). The third-order valence-electron chi connectivity index (χ3n) is 3.64. The van der Waals surface area contributed by atoms with Crippen molar-refractivity contribution in [2.24, 2.45) is 0 Å². The Morgan fingerprint density at radius 1 is 1.00 bits per heavy atom. The van der Waals surface area contributed by atoms with Crippen LogP contribution in [0.4, 0.5) is 0 Å². The zero-order valence-electron chi connectivity index (χ0n) is 18.0. The molecule has 0 aliphatic rings. The van der Waals surface area contributed by atoms with E-state index in [4.69, 9.17) is 23.5 Å². The van der Waals surface area contributed by atoms with Crippen LogP contribution >= 0.6 is 0 Å². The van der Waals surface area contributed by atoms with Crippen molar-refractivity contribution in [3.8, 4) is 5.88 Å². The van der Waals surface area contributed by atoms with Crippen molar-refractivity contribution in [1.82, 2.24) is 10.5 Å². The first-order chi connectivity index (χ1) is 14.1. The van der Waals surface area contributed by atoms with Crippen LogP contribution in [0.1, 0.15) is 57.7 Å². The predicted molar refractivity (Wildman–Crippen MR) is 102 cm³/mol. The molecule has 0 bridgehead atoms. The predicted octanol–water partition coefficient (Wildman–Crippen LogP) is 1.18. The molecule has 0 unspecified atom stereocenters. The molecule has 11 nitrogen and oxygen atoms in total. The van der Waals surface area contributed by atoms with Crippen LogP contribution in [0.25, 0.3) is 0 Å². The van der Waals surface area contributed by atoms with Gasteiger partial charge >= 0.3 is 17.9 Å². The Morgan fingerprint density at radius 3 is 1.97 bits per heavy atom. The van der Waals surface area contributed by atoms with Crippen LogP contribution in [-0.2, 0) is 35.0 Å². The third-order valence-corrected chi connectivity index (χ3v) is 3.64. The van der Waals surface area contributed by atoms with Gasteiger partial charge in [0.15, 0.2) is 0 Å². The molecule has 0 radical (unpaired) electrons. The first-order valence-electron chi connectivity index (χ1n) is 9.58. The molecule has 0 saturated heterocycles. The van der Waals surface area contributed by atoms with Crippen molar-refractivity contribution in [2.45, 2.75) is 59.6 Å². The first kappa shape index (κ1) is 24.9. The first-order valence-corrected chi connectivity index (χ1v) is 9.58. The van der Waals surface area contributed by atoms with Crippen LogP contribution in [-0.4, -0.2) is 60.4 Å². The number of nitrogens with one attached hydrogen (secondary N) is 1. The highest BCUT2D eigenvalue weighted by molar-refractivity contribution is 6.08. The topological polar surface area (TPSA) is 143 Å². The van der Waals surface area contributed by atoms with Crippen molar-refractivity contribution in [2.75, 3.05) is 19.8 Å². The summed E-state index contributed by atoms with van der Waals surface area (Å²) in [6.07, 6.45) is -0.937. The fraction of sp³-hybridized carbons (Fsp3) is 0.632. The Bertz CT molecular complexity index is 752. The van der Waals surface area contributed by atoms with E-state index in [0.29, 0.717) is 0 Å². The number of hydrogen-bond acceptors (Lipinski definition) is 10. The van der Waals surface area contributed by atoms with E-state index in [1.807, 2.05) is 0 Å². The van der Waals surface area contributed by atoms with Gasteiger partial charge < -0.3 is 28.8 Å². The molecule has 0 aliphatic heterocycles. The monoisotopic (exact) mass is 428 g/mol. The lowest BCUT2D eigenvalue weighted by Crippen LogP contribution is -2.62. The second-order valence-corrected chi connectivity index (χ2v) is 6.39. The Labute approximate surface area is 174 Å². The van der Waals surface area contributed by atoms with Crippen LogP contribution in [0.2, 0.25) is 0 Å². The van der Waals surface area contributed by atoms with Crippen molar-refractivity contribution in [1.29, 1.82) is 0 Å². The maximum Gasteiger partial charge on any atom is 0.377 e. The average Bonchev–Trinajstić information content (AvgIpc) is 3.02. The Hall–Kier alpha value is -3.11. The molecule has 1 aromatic heterocycles. The molecule has 1 N–H and O–H groups in total. The summed E-state index contributed by atoms with van der Waals surface area (Å²) < 4.78 is 25.6. The van der Waals surface area contributed by atoms with Crippen LogP contribution < -0.4 is 10.1 Å². The minimum Gasteiger partial charge on any atom is -0.473 e. The largest absolute Gasteiger partial charge is 0.473 e. The number of esters is 3. The van der Waals surface area contributed by atoms with Gasteiger partial charge in [-0.2, -0.15) is 0 Å². The Kier molecular flexibility index (Phi) is 9.28. The Morgan fingerprint density at radius 2 is 1.53 bits per heavy atom. The third kappa shape index (κ3) is 5.94. The maximum atomic E-state index is 12.8. The van der Waals surface area contributed by atoms with Crippen molar-refractivity contribution < 1.29 is 42.6 Å². The lowest BCUT2D eigenvalue weighted by Gasteiger charge is -2.29. The molecular formula is C19H28N2O9. The van der Waals surface area contributed by atoms with E-state index in [1.54, 1.807) is 34.6 Å². The van der Waals surface area contributed by atoms with Crippen molar-refractivity contribution in [3.63, 3.8) is 0 Å². The maximum absolute atomic E-state index is 12.8. The number of rotatable bonds is 11. The summed E-state index contributed by atoms with van der Waals surface area (Å²) in [5, 5.41) is 6.03.